The number of hydrogen-bond acceptors (Lipinski definition) is 2. The Morgan fingerprint density at radius 2 is 2.00 bits per heavy atom. The standard InChI is InChI=1S/C13H11ClF4N2O/c1-2-20-11(10(14)6-19-20)12(21)7-3-8(13(16,17)18)5-9(15)4-7/h3-6,12,21H,2H2,1H3. The largest absolute Gasteiger partial charge is 0.416 e. The topological polar surface area (TPSA) is 38.0 Å². The zero-order chi connectivity index (χ0) is 15.8. The molecule has 0 spiro atoms. The Morgan fingerprint density at radius 1 is 1.33 bits per heavy atom. The third-order valence-electron chi connectivity index (χ3n) is 2.95. The highest BCUT2D eigenvalue weighted by molar-refractivity contribution is 6.31. The third-order valence-corrected chi connectivity index (χ3v) is 3.25. The van der Waals surface area contributed by atoms with Gasteiger partial charge in [0, 0.05) is 6.54 Å². The van der Waals surface area contributed by atoms with E-state index in [0.717, 1.165) is 6.07 Å². The summed E-state index contributed by atoms with van der Waals surface area (Å²) in [5.41, 5.74) is -1.28. The minimum Gasteiger partial charge on any atom is -0.382 e. The van der Waals surface area contributed by atoms with Crippen molar-refractivity contribution in [2.45, 2.75) is 25.7 Å². The van der Waals surface area contributed by atoms with E-state index in [0.29, 0.717) is 18.7 Å². The molecular weight excluding hydrogens is 312 g/mol. The van der Waals surface area contributed by atoms with Gasteiger partial charge >= 0.3 is 6.18 Å². The maximum absolute atomic E-state index is 13.4. The first-order chi connectivity index (χ1) is 9.74. The SMILES string of the molecule is CCn1ncc(Cl)c1C(O)c1cc(F)cc(C(F)(F)F)c1. The molecule has 114 valence electrons. The van der Waals surface area contributed by atoms with Crippen molar-refractivity contribution in [2.24, 2.45) is 0 Å². The van der Waals surface area contributed by atoms with Crippen LogP contribution < -0.4 is 0 Å². The van der Waals surface area contributed by atoms with E-state index in [1.807, 2.05) is 0 Å². The normalized spacial score (nSPS) is 13.5. The summed E-state index contributed by atoms with van der Waals surface area (Å²) in [6.07, 6.45) is -4.93. The van der Waals surface area contributed by atoms with E-state index in [-0.39, 0.29) is 16.3 Å². The molecule has 0 saturated heterocycles. The zero-order valence-electron chi connectivity index (χ0n) is 10.8. The molecule has 3 nitrogen and oxygen atoms in total. The Kier molecular flexibility index (Phi) is 4.25. The average Bonchev–Trinajstić information content (AvgIpc) is 2.77. The van der Waals surface area contributed by atoms with Crippen LogP contribution in [0.5, 0.6) is 0 Å². The minimum absolute atomic E-state index is 0.0992. The summed E-state index contributed by atoms with van der Waals surface area (Å²) in [4.78, 5) is 0. The number of aliphatic hydroxyl groups is 1. The first kappa shape index (κ1) is 15.8. The molecular formula is C13H11ClF4N2O. The van der Waals surface area contributed by atoms with Crippen LogP contribution in [0.4, 0.5) is 17.6 Å². The first-order valence-electron chi connectivity index (χ1n) is 6.01. The lowest BCUT2D eigenvalue weighted by molar-refractivity contribution is -0.137. The van der Waals surface area contributed by atoms with Crippen molar-refractivity contribution in [3.05, 3.63) is 52.1 Å². The highest BCUT2D eigenvalue weighted by atomic mass is 35.5. The molecule has 1 aromatic carbocycles. The van der Waals surface area contributed by atoms with E-state index in [1.165, 1.54) is 10.9 Å². The number of aromatic nitrogens is 2. The van der Waals surface area contributed by atoms with E-state index >= 15 is 0 Å². The molecule has 0 bridgehead atoms. The fourth-order valence-electron chi connectivity index (χ4n) is 1.99. The van der Waals surface area contributed by atoms with Crippen LogP contribution in [0.15, 0.2) is 24.4 Å². The Morgan fingerprint density at radius 3 is 2.57 bits per heavy atom. The zero-order valence-corrected chi connectivity index (χ0v) is 11.6. The van der Waals surface area contributed by atoms with Gasteiger partial charge in [-0.1, -0.05) is 11.6 Å². The number of benzene rings is 1. The predicted octanol–water partition coefficient (Wildman–Crippen LogP) is 3.80. The first-order valence-corrected chi connectivity index (χ1v) is 6.38. The van der Waals surface area contributed by atoms with E-state index < -0.39 is 23.7 Å². The van der Waals surface area contributed by atoms with Crippen LogP contribution in [0, 0.1) is 5.82 Å². The molecule has 2 aromatic rings. The van der Waals surface area contributed by atoms with Gasteiger partial charge in [0.2, 0.25) is 0 Å². The number of halogens is 5. The maximum Gasteiger partial charge on any atom is 0.416 e. The van der Waals surface area contributed by atoms with Crippen molar-refractivity contribution in [2.75, 3.05) is 0 Å². The lowest BCUT2D eigenvalue weighted by Crippen LogP contribution is -2.12. The van der Waals surface area contributed by atoms with Crippen molar-refractivity contribution in [3.8, 4) is 0 Å². The summed E-state index contributed by atoms with van der Waals surface area (Å²) < 4.78 is 52.8. The van der Waals surface area contributed by atoms with Crippen molar-refractivity contribution >= 4 is 11.6 Å². The number of hydrogen-bond donors (Lipinski definition) is 1. The molecule has 1 aromatic heterocycles. The van der Waals surface area contributed by atoms with E-state index in [4.69, 9.17) is 11.6 Å². The number of alkyl halides is 3. The smallest absolute Gasteiger partial charge is 0.382 e. The Bertz CT molecular complexity index is 654. The molecule has 0 aliphatic rings. The molecule has 1 N–H and O–H groups in total. The summed E-state index contributed by atoms with van der Waals surface area (Å²) >= 11 is 5.88. The molecule has 1 heterocycles. The number of aliphatic hydroxyl groups excluding tert-OH is 1. The molecule has 0 aliphatic carbocycles. The van der Waals surface area contributed by atoms with Gasteiger partial charge in [-0.25, -0.2) is 4.39 Å². The predicted molar refractivity (Wildman–Crippen MR) is 68.4 cm³/mol. The monoisotopic (exact) mass is 322 g/mol. The molecule has 0 saturated carbocycles. The van der Waals surface area contributed by atoms with E-state index in [9.17, 15) is 22.7 Å². The lowest BCUT2D eigenvalue weighted by atomic mass is 10.0. The molecule has 21 heavy (non-hydrogen) atoms. The second-order valence-electron chi connectivity index (χ2n) is 4.37. The van der Waals surface area contributed by atoms with Gasteiger partial charge in [-0.15, -0.1) is 0 Å². The fraction of sp³-hybridized carbons (Fsp3) is 0.308. The quantitative estimate of drug-likeness (QED) is 0.873. The molecule has 8 heteroatoms. The Balaban J connectivity index is 2.51. The third kappa shape index (κ3) is 3.19. The molecule has 0 fully saturated rings. The van der Waals surface area contributed by atoms with E-state index in [2.05, 4.69) is 5.10 Å². The lowest BCUT2D eigenvalue weighted by Gasteiger charge is -2.16. The van der Waals surface area contributed by atoms with Crippen molar-refractivity contribution in [1.29, 1.82) is 0 Å². The van der Waals surface area contributed by atoms with Crippen LogP contribution in [-0.4, -0.2) is 14.9 Å². The average molecular weight is 323 g/mol. The molecule has 0 aliphatic heterocycles. The van der Waals surface area contributed by atoms with Crippen LogP contribution in [0.25, 0.3) is 0 Å². The molecule has 1 atom stereocenters. The Hall–Kier alpha value is -1.60. The van der Waals surface area contributed by atoms with Gasteiger partial charge in [-0.2, -0.15) is 18.3 Å². The van der Waals surface area contributed by atoms with Gasteiger partial charge in [0.1, 0.15) is 11.9 Å². The van der Waals surface area contributed by atoms with Gasteiger partial charge in [0.05, 0.1) is 22.5 Å². The molecule has 1 unspecified atom stereocenters. The highest BCUT2D eigenvalue weighted by Gasteiger charge is 2.32. The molecule has 2 rings (SSSR count). The summed E-state index contributed by atoms with van der Waals surface area (Å²) in [7, 11) is 0. The van der Waals surface area contributed by atoms with Crippen LogP contribution in [0.2, 0.25) is 5.02 Å². The molecule has 0 radical (unpaired) electrons. The van der Waals surface area contributed by atoms with Crippen LogP contribution in [0.1, 0.15) is 29.8 Å². The van der Waals surface area contributed by atoms with Crippen molar-refractivity contribution < 1.29 is 22.7 Å². The second-order valence-corrected chi connectivity index (χ2v) is 4.77. The minimum atomic E-state index is -4.70. The highest BCUT2D eigenvalue weighted by Crippen LogP contribution is 2.34. The fourth-order valence-corrected chi connectivity index (χ4v) is 2.23. The van der Waals surface area contributed by atoms with Gasteiger partial charge < -0.3 is 5.11 Å². The number of nitrogens with zero attached hydrogens (tertiary/aromatic N) is 2. The van der Waals surface area contributed by atoms with Crippen molar-refractivity contribution in [3.63, 3.8) is 0 Å². The molecule has 0 amide bonds. The van der Waals surface area contributed by atoms with Crippen LogP contribution >= 0.6 is 11.6 Å². The van der Waals surface area contributed by atoms with Crippen molar-refractivity contribution in [1.82, 2.24) is 9.78 Å². The van der Waals surface area contributed by atoms with Crippen LogP contribution in [0.3, 0.4) is 0 Å². The Labute approximate surface area is 122 Å². The summed E-state index contributed by atoms with van der Waals surface area (Å²) in [5, 5.41) is 14.2. The summed E-state index contributed by atoms with van der Waals surface area (Å²) in [5.74, 6) is -1.09. The van der Waals surface area contributed by atoms with Gasteiger partial charge in [-0.05, 0) is 30.7 Å². The number of aryl methyl sites for hydroxylation is 1. The maximum atomic E-state index is 13.4. The van der Waals surface area contributed by atoms with Gasteiger partial charge in [-0.3, -0.25) is 4.68 Å². The van der Waals surface area contributed by atoms with Crippen LogP contribution in [-0.2, 0) is 12.7 Å². The summed E-state index contributed by atoms with van der Waals surface area (Å²) in [6, 6.07) is 1.90. The second kappa shape index (κ2) is 5.65. The van der Waals surface area contributed by atoms with E-state index in [1.54, 1.807) is 6.92 Å². The van der Waals surface area contributed by atoms with Gasteiger partial charge in [0.15, 0.2) is 0 Å². The number of rotatable bonds is 3. The summed E-state index contributed by atoms with van der Waals surface area (Å²) in [6.45, 7) is 2.09. The van der Waals surface area contributed by atoms with Gasteiger partial charge in [0.25, 0.3) is 0 Å².